The van der Waals surface area contributed by atoms with Crippen LogP contribution in [0, 0.1) is 0 Å². The molecule has 3 N–H and O–H groups in total. The number of hydrogen-bond acceptors (Lipinski definition) is 7. The average Bonchev–Trinajstić information content (AvgIpc) is 2.68. The Labute approximate surface area is 198 Å². The van der Waals surface area contributed by atoms with Gasteiger partial charge in [-0.1, -0.05) is 24.3 Å². The van der Waals surface area contributed by atoms with E-state index in [1.807, 2.05) is 24.3 Å². The minimum Gasteiger partial charge on any atom is -0.459 e. The zero-order valence-electron chi connectivity index (χ0n) is 14.7. The van der Waals surface area contributed by atoms with Gasteiger partial charge in [0.25, 0.3) is 0 Å². The van der Waals surface area contributed by atoms with Crippen molar-refractivity contribution >= 4 is 63.6 Å². The maximum Gasteiger partial charge on any atom is 0.338 e. The van der Waals surface area contributed by atoms with Gasteiger partial charge < -0.3 is 29.6 Å². The van der Waals surface area contributed by atoms with Gasteiger partial charge in [0.05, 0.1) is 5.56 Å². The fourth-order valence-corrected chi connectivity index (χ4v) is 2.74. The molecule has 2 aromatic carbocycles. The first-order valence-electron chi connectivity index (χ1n) is 8.05. The van der Waals surface area contributed by atoms with Crippen molar-refractivity contribution in [1.82, 2.24) is 0 Å². The van der Waals surface area contributed by atoms with E-state index in [-0.39, 0.29) is 63.2 Å². The molecule has 27 heavy (non-hydrogen) atoms. The number of benzene rings is 2. The number of hydrogen-bond donors (Lipinski definition) is 3. The average molecular weight is 397 g/mol. The number of rotatable bonds is 6. The van der Waals surface area contributed by atoms with E-state index in [9.17, 15) is 24.9 Å². The molecule has 0 bridgehead atoms. The molecule has 8 heteroatoms. The van der Waals surface area contributed by atoms with E-state index in [0.29, 0.717) is 17.7 Å². The largest absolute Gasteiger partial charge is 0.459 e. The van der Waals surface area contributed by atoms with Gasteiger partial charge in [-0.2, -0.15) is 0 Å². The summed E-state index contributed by atoms with van der Waals surface area (Å²) in [6, 6.07) is 12.5. The molecule has 137 valence electrons. The van der Waals surface area contributed by atoms with E-state index in [1.165, 1.54) is 0 Å². The summed E-state index contributed by atoms with van der Waals surface area (Å²) >= 11 is 0. The van der Waals surface area contributed by atoms with Crippen molar-refractivity contribution in [3.63, 3.8) is 0 Å². The molecular formula is C19H18KO7. The van der Waals surface area contributed by atoms with Gasteiger partial charge in [-0.25, -0.2) is 4.79 Å². The van der Waals surface area contributed by atoms with Crippen LogP contribution in [0.5, 0.6) is 11.5 Å². The smallest absolute Gasteiger partial charge is 0.338 e. The number of ether oxygens (including phenoxy) is 2. The number of esters is 1. The van der Waals surface area contributed by atoms with Gasteiger partial charge in [0.15, 0.2) is 6.29 Å². The number of aliphatic hydroxyl groups is 3. The summed E-state index contributed by atoms with van der Waals surface area (Å²) in [6.07, 6.45) is -4.49. The summed E-state index contributed by atoms with van der Waals surface area (Å²) in [6.45, 7) is -0.563. The predicted molar refractivity (Wildman–Crippen MR) is 95.9 cm³/mol. The molecule has 0 saturated heterocycles. The van der Waals surface area contributed by atoms with Gasteiger partial charge in [-0.15, -0.1) is 0 Å². The normalized spacial score (nSPS) is 15.1. The maximum atomic E-state index is 12.4. The number of carbonyl (C=O) groups is 2. The SMILES string of the molecule is O=C[C@@H](O)[C@H](O)[C@H](O)COC(=O)c1cccc2c1Cc1ccccc1O2.[K]. The minimum atomic E-state index is -1.75. The number of fused-ring (bicyclic) bond motifs is 2. The molecule has 1 aliphatic rings. The van der Waals surface area contributed by atoms with E-state index in [0.717, 1.165) is 11.3 Å². The van der Waals surface area contributed by atoms with Crippen LogP contribution in [0.25, 0.3) is 0 Å². The second-order valence-electron chi connectivity index (χ2n) is 5.95. The zero-order chi connectivity index (χ0) is 18.7. The quantitative estimate of drug-likeness (QED) is 0.314. The molecule has 1 radical (unpaired) electrons. The molecule has 0 aliphatic carbocycles. The third-order valence-electron chi connectivity index (χ3n) is 4.18. The first kappa shape index (κ1) is 22.2. The van der Waals surface area contributed by atoms with Crippen molar-refractivity contribution in [3.8, 4) is 11.5 Å². The predicted octanol–water partition coefficient (Wildman–Crippen LogP) is 0.441. The van der Waals surface area contributed by atoms with Gasteiger partial charge in [-0.05, 0) is 23.8 Å². The second-order valence-corrected chi connectivity index (χ2v) is 5.95. The number of para-hydroxylation sites is 1. The van der Waals surface area contributed by atoms with Crippen LogP contribution < -0.4 is 4.74 Å². The monoisotopic (exact) mass is 397 g/mol. The van der Waals surface area contributed by atoms with E-state index in [4.69, 9.17) is 9.47 Å². The van der Waals surface area contributed by atoms with E-state index >= 15 is 0 Å². The maximum absolute atomic E-state index is 12.4. The Morgan fingerprint density at radius 3 is 2.56 bits per heavy atom. The van der Waals surface area contributed by atoms with Crippen LogP contribution in [0.15, 0.2) is 42.5 Å². The van der Waals surface area contributed by atoms with Crippen molar-refractivity contribution in [3.05, 3.63) is 59.2 Å². The first-order valence-corrected chi connectivity index (χ1v) is 8.05. The zero-order valence-corrected chi connectivity index (χ0v) is 17.9. The Hall–Kier alpha value is -1.10. The molecule has 0 aromatic heterocycles. The molecule has 0 fully saturated rings. The summed E-state index contributed by atoms with van der Waals surface area (Å²) in [5, 5.41) is 28.4. The third kappa shape index (κ3) is 5.04. The molecule has 0 saturated carbocycles. The van der Waals surface area contributed by atoms with E-state index in [1.54, 1.807) is 18.2 Å². The summed E-state index contributed by atoms with van der Waals surface area (Å²) in [4.78, 5) is 22.8. The molecule has 0 amide bonds. The van der Waals surface area contributed by atoms with Crippen molar-refractivity contribution in [2.24, 2.45) is 0 Å². The summed E-state index contributed by atoms with van der Waals surface area (Å²) in [7, 11) is 0. The van der Waals surface area contributed by atoms with Crippen LogP contribution >= 0.6 is 0 Å². The fraction of sp³-hybridized carbons (Fsp3) is 0.263. The van der Waals surface area contributed by atoms with Crippen LogP contribution in [-0.2, 0) is 16.0 Å². The van der Waals surface area contributed by atoms with Gasteiger partial charge >= 0.3 is 5.97 Å². The standard InChI is InChI=1S/C19H18O7.K/c20-9-14(21)18(23)15(22)10-25-19(24)12-5-3-7-17-13(12)8-11-4-1-2-6-16(11)26-17;/h1-7,9,14-15,18,21-23H,8,10H2;/t14-,15-,18+;/m1./s1. The Kier molecular flexibility index (Phi) is 8.14. The summed E-state index contributed by atoms with van der Waals surface area (Å²) < 4.78 is 10.8. The van der Waals surface area contributed by atoms with Crippen LogP contribution in [0.4, 0.5) is 0 Å². The molecule has 0 spiro atoms. The van der Waals surface area contributed by atoms with Crippen LogP contribution in [0.2, 0.25) is 0 Å². The van der Waals surface area contributed by atoms with E-state index in [2.05, 4.69) is 0 Å². The Bertz CT molecular complexity index is 823. The molecule has 3 atom stereocenters. The summed E-state index contributed by atoms with van der Waals surface area (Å²) in [5.41, 5.74) is 1.89. The molecule has 2 aromatic rings. The van der Waals surface area contributed by atoms with Crippen molar-refractivity contribution in [1.29, 1.82) is 0 Å². The first-order chi connectivity index (χ1) is 12.5. The van der Waals surface area contributed by atoms with Gasteiger partial charge in [0.2, 0.25) is 0 Å². The molecule has 1 heterocycles. The van der Waals surface area contributed by atoms with Gasteiger partial charge in [0, 0.05) is 63.4 Å². The van der Waals surface area contributed by atoms with Crippen molar-refractivity contribution in [2.75, 3.05) is 6.61 Å². The topological polar surface area (TPSA) is 113 Å². The number of carbonyl (C=O) groups excluding carboxylic acids is 2. The minimum absolute atomic E-state index is 0. The molecule has 3 rings (SSSR count). The van der Waals surface area contributed by atoms with Crippen molar-refractivity contribution < 1.29 is 34.4 Å². The van der Waals surface area contributed by atoms with Crippen LogP contribution in [-0.4, -0.2) is 104 Å². The molecular weight excluding hydrogens is 379 g/mol. The summed E-state index contributed by atoms with van der Waals surface area (Å²) in [5.74, 6) is 0.582. The van der Waals surface area contributed by atoms with Gasteiger partial charge in [0.1, 0.15) is 36.4 Å². The third-order valence-corrected chi connectivity index (χ3v) is 4.18. The Balaban J connectivity index is 0.00000261. The number of aliphatic hydroxyl groups excluding tert-OH is 3. The fourth-order valence-electron chi connectivity index (χ4n) is 2.74. The molecule has 0 unspecified atom stereocenters. The molecule has 7 nitrogen and oxygen atoms in total. The van der Waals surface area contributed by atoms with E-state index < -0.39 is 30.9 Å². The van der Waals surface area contributed by atoms with Gasteiger partial charge in [-0.3, -0.25) is 0 Å². The van der Waals surface area contributed by atoms with Crippen molar-refractivity contribution in [2.45, 2.75) is 24.7 Å². The Morgan fingerprint density at radius 2 is 1.81 bits per heavy atom. The molecule has 1 aliphatic heterocycles. The van der Waals surface area contributed by atoms with Crippen LogP contribution in [0.3, 0.4) is 0 Å². The second kappa shape index (κ2) is 9.90. The Morgan fingerprint density at radius 1 is 1.11 bits per heavy atom. The van der Waals surface area contributed by atoms with Crippen LogP contribution in [0.1, 0.15) is 21.5 Å². The number of aldehydes is 1.